The van der Waals surface area contributed by atoms with Gasteiger partial charge in [-0.3, -0.25) is 9.59 Å². The van der Waals surface area contributed by atoms with Crippen LogP contribution in [0.2, 0.25) is 0 Å². The molecule has 0 aliphatic heterocycles. The van der Waals surface area contributed by atoms with Gasteiger partial charge in [-0.05, 0) is 42.8 Å². The maximum Gasteiger partial charge on any atom is 0.257 e. The van der Waals surface area contributed by atoms with Gasteiger partial charge in [0, 0.05) is 12.6 Å². The van der Waals surface area contributed by atoms with Gasteiger partial charge in [0.05, 0.1) is 5.56 Å². The van der Waals surface area contributed by atoms with Crippen LogP contribution in [-0.2, 0) is 4.79 Å². The van der Waals surface area contributed by atoms with Crippen LogP contribution in [0.4, 0.5) is 8.78 Å². The monoisotopic (exact) mass is 345 g/mol. The lowest BCUT2D eigenvalue weighted by Crippen LogP contribution is -2.28. The second-order valence-corrected chi connectivity index (χ2v) is 5.13. The Balaban J connectivity index is 1.97. The predicted molar refractivity (Wildman–Crippen MR) is 90.3 cm³/mol. The van der Waals surface area contributed by atoms with Crippen LogP contribution in [0.3, 0.4) is 0 Å². The highest BCUT2D eigenvalue weighted by atomic mass is 19.1. The van der Waals surface area contributed by atoms with Crippen molar-refractivity contribution in [2.75, 3.05) is 13.2 Å². The van der Waals surface area contributed by atoms with Crippen LogP contribution in [0, 0.1) is 11.6 Å². The van der Waals surface area contributed by atoms with Crippen molar-refractivity contribution in [1.29, 1.82) is 0 Å². The Morgan fingerprint density at radius 1 is 1.12 bits per heavy atom. The quantitative estimate of drug-likeness (QED) is 0.618. The van der Waals surface area contributed by atoms with Crippen LogP contribution >= 0.6 is 0 Å². The molecule has 130 valence electrons. The summed E-state index contributed by atoms with van der Waals surface area (Å²) in [5, 5.41) is 2.62. The number of ketones is 1. The van der Waals surface area contributed by atoms with Gasteiger partial charge in [-0.2, -0.15) is 0 Å². The minimum atomic E-state index is -0.899. The smallest absolute Gasteiger partial charge is 0.257 e. The van der Waals surface area contributed by atoms with Crippen molar-refractivity contribution in [2.45, 2.75) is 6.92 Å². The summed E-state index contributed by atoms with van der Waals surface area (Å²) in [4.78, 5) is 23.2. The molecular weight excluding hydrogens is 328 g/mol. The van der Waals surface area contributed by atoms with Crippen molar-refractivity contribution >= 4 is 17.8 Å². The van der Waals surface area contributed by atoms with Crippen molar-refractivity contribution in [3.63, 3.8) is 0 Å². The van der Waals surface area contributed by atoms with Gasteiger partial charge in [0.2, 0.25) is 0 Å². The summed E-state index contributed by atoms with van der Waals surface area (Å²) in [5.74, 6) is -1.89. The molecule has 0 aliphatic rings. The maximum absolute atomic E-state index is 13.5. The van der Waals surface area contributed by atoms with E-state index in [4.69, 9.17) is 4.74 Å². The first kappa shape index (κ1) is 18.3. The molecule has 0 heterocycles. The molecule has 4 nitrogen and oxygen atoms in total. The van der Waals surface area contributed by atoms with E-state index >= 15 is 0 Å². The Hall–Kier alpha value is -3.02. The Morgan fingerprint density at radius 3 is 2.48 bits per heavy atom. The third kappa shape index (κ3) is 5.53. The van der Waals surface area contributed by atoms with E-state index in [0.29, 0.717) is 23.9 Å². The van der Waals surface area contributed by atoms with Crippen LogP contribution in [0.25, 0.3) is 6.08 Å². The molecular formula is C19H17F2NO3. The third-order valence-electron chi connectivity index (χ3n) is 3.25. The number of hydrogen-bond donors (Lipinski definition) is 1. The van der Waals surface area contributed by atoms with Crippen LogP contribution in [0.5, 0.6) is 5.75 Å². The molecule has 0 aromatic heterocycles. The van der Waals surface area contributed by atoms with Crippen LogP contribution in [-0.4, -0.2) is 24.8 Å². The Morgan fingerprint density at radius 2 is 1.84 bits per heavy atom. The average Bonchev–Trinajstić information content (AvgIpc) is 2.59. The molecule has 2 aromatic carbocycles. The molecule has 0 radical (unpaired) electrons. The molecule has 2 aromatic rings. The zero-order chi connectivity index (χ0) is 18.2. The van der Waals surface area contributed by atoms with E-state index in [1.807, 2.05) is 6.92 Å². The van der Waals surface area contributed by atoms with Gasteiger partial charge in [-0.25, -0.2) is 8.78 Å². The molecule has 0 saturated carbocycles. The summed E-state index contributed by atoms with van der Waals surface area (Å²) in [5.41, 5.74) is 0.501. The van der Waals surface area contributed by atoms with Gasteiger partial charge < -0.3 is 10.1 Å². The second kappa shape index (κ2) is 8.73. The normalized spacial score (nSPS) is 10.7. The largest absolute Gasteiger partial charge is 0.484 e. The fourth-order valence-corrected chi connectivity index (χ4v) is 2.02. The molecule has 2 rings (SSSR count). The number of likely N-dealkylation sites (N-methyl/N-ethyl adjacent to an activating group) is 1. The number of benzene rings is 2. The van der Waals surface area contributed by atoms with Gasteiger partial charge in [0.1, 0.15) is 17.4 Å². The zero-order valence-electron chi connectivity index (χ0n) is 13.6. The summed E-state index contributed by atoms with van der Waals surface area (Å²) in [6, 6.07) is 9.50. The van der Waals surface area contributed by atoms with Crippen molar-refractivity contribution in [3.8, 4) is 5.75 Å². The summed E-state index contributed by atoms with van der Waals surface area (Å²) in [6.45, 7) is 2.28. The highest BCUT2D eigenvalue weighted by Gasteiger charge is 2.09. The number of carbonyl (C=O) groups is 2. The van der Waals surface area contributed by atoms with Gasteiger partial charge in [-0.1, -0.05) is 18.2 Å². The van der Waals surface area contributed by atoms with Crippen molar-refractivity contribution in [3.05, 3.63) is 71.3 Å². The number of ether oxygens (including phenoxy) is 1. The fourth-order valence-electron chi connectivity index (χ4n) is 2.02. The minimum absolute atomic E-state index is 0.0780. The fraction of sp³-hybridized carbons (Fsp3) is 0.158. The summed E-state index contributed by atoms with van der Waals surface area (Å²) in [7, 11) is 0. The van der Waals surface area contributed by atoms with Gasteiger partial charge in [0.15, 0.2) is 12.4 Å². The van der Waals surface area contributed by atoms with Gasteiger partial charge in [-0.15, -0.1) is 0 Å². The molecule has 25 heavy (non-hydrogen) atoms. The first-order chi connectivity index (χ1) is 12.0. The van der Waals surface area contributed by atoms with E-state index in [0.717, 1.165) is 12.1 Å². The lowest BCUT2D eigenvalue weighted by Gasteiger charge is -2.06. The Kier molecular flexibility index (Phi) is 6.39. The third-order valence-corrected chi connectivity index (χ3v) is 3.25. The molecule has 0 unspecified atom stereocenters. The number of nitrogens with one attached hydrogen (secondary N) is 1. The van der Waals surface area contributed by atoms with Crippen LogP contribution in [0.1, 0.15) is 22.8 Å². The summed E-state index contributed by atoms with van der Waals surface area (Å²) in [6.07, 6.45) is 2.72. The SMILES string of the molecule is CCNC(=O)COc1ccc(/C=C\C(=O)c2ccc(F)cc2F)cc1. The molecule has 0 aliphatic carbocycles. The molecule has 0 saturated heterocycles. The second-order valence-electron chi connectivity index (χ2n) is 5.13. The van der Waals surface area contributed by atoms with Crippen molar-refractivity contribution < 1.29 is 23.1 Å². The zero-order valence-corrected chi connectivity index (χ0v) is 13.6. The lowest BCUT2D eigenvalue weighted by atomic mass is 10.1. The molecule has 1 amide bonds. The number of carbonyl (C=O) groups excluding carboxylic acids is 2. The van der Waals surface area contributed by atoms with E-state index < -0.39 is 17.4 Å². The first-order valence-electron chi connectivity index (χ1n) is 7.66. The molecule has 0 spiro atoms. The number of rotatable bonds is 7. The molecule has 0 atom stereocenters. The summed E-state index contributed by atoms with van der Waals surface area (Å²) < 4.78 is 31.7. The first-order valence-corrected chi connectivity index (χ1v) is 7.66. The molecule has 0 fully saturated rings. The van der Waals surface area contributed by atoms with Crippen molar-refractivity contribution in [2.24, 2.45) is 0 Å². The van der Waals surface area contributed by atoms with E-state index in [9.17, 15) is 18.4 Å². The Bertz CT molecular complexity index is 786. The number of allylic oxidation sites excluding steroid dienone is 1. The lowest BCUT2D eigenvalue weighted by molar-refractivity contribution is -0.122. The highest BCUT2D eigenvalue weighted by Crippen LogP contribution is 2.15. The van der Waals surface area contributed by atoms with E-state index in [1.165, 1.54) is 12.2 Å². The topological polar surface area (TPSA) is 55.4 Å². The van der Waals surface area contributed by atoms with Gasteiger partial charge in [0.25, 0.3) is 5.91 Å². The molecule has 6 heteroatoms. The van der Waals surface area contributed by atoms with E-state index in [2.05, 4.69) is 5.32 Å². The number of halogens is 2. The Labute approximate surface area is 144 Å². The minimum Gasteiger partial charge on any atom is -0.484 e. The van der Waals surface area contributed by atoms with Crippen molar-refractivity contribution in [1.82, 2.24) is 5.32 Å². The highest BCUT2D eigenvalue weighted by molar-refractivity contribution is 6.06. The molecule has 0 bridgehead atoms. The number of amides is 1. The van der Waals surface area contributed by atoms with E-state index in [1.54, 1.807) is 24.3 Å². The predicted octanol–water partition coefficient (Wildman–Crippen LogP) is 3.38. The maximum atomic E-state index is 13.5. The number of hydrogen-bond acceptors (Lipinski definition) is 3. The standard InChI is InChI=1S/C19H17F2NO3/c1-2-22-19(24)12-25-15-7-3-13(4-8-15)5-10-18(23)16-9-6-14(20)11-17(16)21/h3-11H,2,12H2,1H3,(H,22,24)/b10-5-. The van der Waals surface area contributed by atoms with Crippen LogP contribution < -0.4 is 10.1 Å². The van der Waals surface area contributed by atoms with E-state index in [-0.39, 0.29) is 18.1 Å². The summed E-state index contributed by atoms with van der Waals surface area (Å²) >= 11 is 0. The molecule has 1 N–H and O–H groups in total. The average molecular weight is 345 g/mol. The van der Waals surface area contributed by atoms with Gasteiger partial charge >= 0.3 is 0 Å². The van der Waals surface area contributed by atoms with Crippen LogP contribution in [0.15, 0.2) is 48.5 Å².